The molecular weight excluding hydrogens is 1980 g/mol. The molecule has 10 heterocycles. The Balaban J connectivity index is 0.000000156. The summed E-state index contributed by atoms with van der Waals surface area (Å²) < 4.78 is 35.7. The van der Waals surface area contributed by atoms with Gasteiger partial charge >= 0.3 is 23.9 Å². The highest BCUT2D eigenvalue weighted by Gasteiger charge is 2.35. The first-order chi connectivity index (χ1) is 69.9. The van der Waals surface area contributed by atoms with Crippen molar-refractivity contribution in [3.05, 3.63) is 342 Å². The predicted octanol–water partition coefficient (Wildman–Crippen LogP) is 19.7. The van der Waals surface area contributed by atoms with Crippen molar-refractivity contribution in [2.45, 2.75) is 109 Å². The zero-order chi connectivity index (χ0) is 105. The van der Waals surface area contributed by atoms with Gasteiger partial charge in [-0.05, 0) is 244 Å². The molecule has 1 atom stereocenters. The standard InChI is InChI=1S/C21H16N2O5.C20H23N3OS.C19H12N2O5.C17H19N3S.C15H9ClN2O4S.C14H17N5O2S2/c1-12-16(19(24)23(2)20(25)17(12)11-22)10-15-8-9-18(28-15)13-4-6-14(7-5-13)21(26)27-3;1-5-13-25-19-22-21-18(23(19)14-17-7-6-12-24-17)15-8-10-16(11-9-15)20(2,3)4;1-10-14(17(22)21-18(23)15(10)9-20)8-13-5-6-16(26-13)11-3-2-4-12(7-11)19(24)25;1-12-8-10-15(11-9-12)14(3)19-20-17(21)18-16-7-5-4-6-13(16)2;16-8-1-4-10(5-2-8)23-12-6-3-9(22-12)7-11-13(19)17-15(21)18-14(11)20;1-8-3-4-9-10(5-8)23-12(11(9)13(20)21-2)17-14(22)18-19-6-15-16-7-19/h4-10H,1-3H3;5-12H,1,13-14H2,2-4H3;2-8H,1H3,(H,24,25)(H,21,22,23);4-11H,1-3H3,(H2,18,20,21);1-7H,(H2,17,18,19,20,21);6-8H,3-5H2,1-2H3,(H2,17,18,22)/b16-10+;;14-8+;19-14+;;. The number of anilines is 2. The number of nitrogens with zero attached hydrogens (tertiary/aromatic N) is 10. The number of hydrogen-bond donors (Lipinski definition) is 8. The third kappa shape index (κ3) is 28.6. The Labute approximate surface area is 866 Å². The van der Waals surface area contributed by atoms with E-state index < -0.39 is 53.4 Å². The van der Waals surface area contributed by atoms with Gasteiger partial charge in [-0.1, -0.05) is 165 Å². The molecule has 13 aromatic rings. The number of likely N-dealkylation sites (N-methyl/N-ethyl adjacent to an activating group) is 1. The highest BCUT2D eigenvalue weighted by molar-refractivity contribution is 7.99. The molecule has 34 nitrogen and oxygen atoms in total. The summed E-state index contributed by atoms with van der Waals surface area (Å²) in [4.78, 5) is 120. The molecule has 1 fully saturated rings. The average molecular weight is 2080 g/mol. The number of nitrogens with one attached hydrogen (secondary N) is 7. The number of nitriles is 2. The number of carbonyl (C=O) groups is 10. The number of carboxylic acid groups (broad SMARTS) is 1. The molecule has 6 aromatic carbocycles. The van der Waals surface area contributed by atoms with Gasteiger partial charge in [-0.2, -0.15) is 15.6 Å². The van der Waals surface area contributed by atoms with Gasteiger partial charge in [0.2, 0.25) is 0 Å². The van der Waals surface area contributed by atoms with Crippen molar-refractivity contribution >= 4 is 175 Å². The monoisotopic (exact) mass is 2070 g/mol. The summed E-state index contributed by atoms with van der Waals surface area (Å²) in [5.41, 5.74) is 17.7. The van der Waals surface area contributed by atoms with Crippen LogP contribution in [0.1, 0.15) is 142 Å². The van der Waals surface area contributed by atoms with Crippen molar-refractivity contribution < 1.29 is 80.2 Å². The van der Waals surface area contributed by atoms with E-state index in [1.165, 1.54) is 104 Å². The number of benzene rings is 6. The first-order valence-electron chi connectivity index (χ1n) is 44.6. The van der Waals surface area contributed by atoms with E-state index >= 15 is 0 Å². The number of halogens is 1. The van der Waals surface area contributed by atoms with E-state index in [4.69, 9.17) is 68.8 Å². The molecule has 1 aliphatic carbocycles. The minimum absolute atomic E-state index is 0.0708. The molecule has 1 saturated heterocycles. The van der Waals surface area contributed by atoms with Crippen LogP contribution in [0.15, 0.2) is 303 Å². The Morgan fingerprint density at radius 3 is 1.90 bits per heavy atom. The Morgan fingerprint density at radius 2 is 1.27 bits per heavy atom. The van der Waals surface area contributed by atoms with Crippen molar-refractivity contribution in [3.63, 3.8) is 0 Å². The number of aryl methyl sites for hydroxylation is 2. The molecule has 0 radical (unpaired) electrons. The fourth-order valence-electron chi connectivity index (χ4n) is 14.3. The summed E-state index contributed by atoms with van der Waals surface area (Å²) in [6.07, 6.45) is 13.7. The number of thioether (sulfide) groups is 1. The van der Waals surface area contributed by atoms with E-state index in [9.17, 15) is 53.2 Å². The number of methoxy groups -OCH3 is 2. The van der Waals surface area contributed by atoms with Crippen molar-refractivity contribution in [3.8, 4) is 46.2 Å². The topological polar surface area (TPSA) is 471 Å². The maximum atomic E-state index is 12.4. The predicted molar refractivity (Wildman–Crippen MR) is 563 cm³/mol. The zero-order valence-electron chi connectivity index (χ0n) is 80.7. The number of aromatic carboxylic acids is 1. The third-order valence-electron chi connectivity index (χ3n) is 22.1. The van der Waals surface area contributed by atoms with Crippen LogP contribution in [-0.2, 0) is 63.0 Å². The molecule has 8 N–H and O–H groups in total. The summed E-state index contributed by atoms with van der Waals surface area (Å²) in [5.74, 6) is -0.608. The summed E-state index contributed by atoms with van der Waals surface area (Å²) in [7, 11) is 4.04. The number of carboxylic acids is 1. The smallest absolute Gasteiger partial charge is 0.341 e. The third-order valence-corrected chi connectivity index (χ3v) is 25.8. The summed E-state index contributed by atoms with van der Waals surface area (Å²) in [5, 5.41) is 63.8. The molecule has 0 saturated carbocycles. The molecular formula is C106H96ClN17O17S5. The molecule has 146 heavy (non-hydrogen) atoms. The maximum Gasteiger partial charge on any atom is 0.341 e. The molecule has 8 amide bonds. The minimum Gasteiger partial charge on any atom is -0.478 e. The maximum absolute atomic E-state index is 12.4. The molecule has 4 aliphatic rings. The second-order valence-electron chi connectivity index (χ2n) is 33.5. The molecule has 744 valence electrons. The highest BCUT2D eigenvalue weighted by Crippen LogP contribution is 2.41. The Morgan fingerprint density at radius 1 is 0.664 bits per heavy atom. The number of thiophene rings is 1. The molecule has 1 unspecified atom stereocenters. The number of rotatable bonds is 21. The molecule has 40 heteroatoms. The van der Waals surface area contributed by atoms with Crippen molar-refractivity contribution in [2.75, 3.05) is 43.1 Å². The summed E-state index contributed by atoms with van der Waals surface area (Å²) in [6, 6.07) is 61.6. The van der Waals surface area contributed by atoms with Crippen LogP contribution < -0.4 is 37.4 Å². The van der Waals surface area contributed by atoms with E-state index in [-0.39, 0.29) is 50.4 Å². The Bertz CT molecular complexity index is 7410. The van der Waals surface area contributed by atoms with Gasteiger partial charge in [0.1, 0.15) is 81.1 Å². The van der Waals surface area contributed by atoms with Crippen molar-refractivity contribution in [1.82, 2.24) is 55.9 Å². The van der Waals surface area contributed by atoms with E-state index in [0.717, 1.165) is 95.8 Å². The lowest BCUT2D eigenvalue weighted by Gasteiger charge is -2.23. The number of esters is 2. The Kier molecular flexibility index (Phi) is 37.2. The quantitative estimate of drug-likeness (QED) is 0.00381. The normalized spacial score (nSPS) is 14.3. The van der Waals surface area contributed by atoms with Crippen LogP contribution >= 0.6 is 70.9 Å². The van der Waals surface area contributed by atoms with E-state index in [1.54, 1.807) is 127 Å². The van der Waals surface area contributed by atoms with Gasteiger partial charge in [0.15, 0.2) is 26.3 Å². The second kappa shape index (κ2) is 50.2. The number of imide groups is 4. The first kappa shape index (κ1) is 108. The van der Waals surface area contributed by atoms with Gasteiger partial charge < -0.3 is 42.9 Å². The summed E-state index contributed by atoms with van der Waals surface area (Å²) in [6.45, 7) is 22.4. The second-order valence-corrected chi connectivity index (χ2v) is 37.9. The average Bonchev–Trinajstić information content (AvgIpc) is 1.73. The van der Waals surface area contributed by atoms with Crippen molar-refractivity contribution in [1.29, 1.82) is 10.5 Å². The number of fused-ring (bicyclic) bond motifs is 1. The van der Waals surface area contributed by atoms with Crippen LogP contribution in [0.5, 0.6) is 0 Å². The number of hydrogen-bond acceptors (Lipinski definition) is 28. The van der Waals surface area contributed by atoms with Gasteiger partial charge in [-0.3, -0.25) is 65.0 Å². The number of ether oxygens (including phenoxy) is 2. The minimum atomic E-state index is -1.05. The molecule has 7 aromatic heterocycles. The fourth-order valence-corrected chi connectivity index (χ4v) is 17.7. The Hall–Kier alpha value is -16.8. The number of para-hydroxylation sites is 1. The van der Waals surface area contributed by atoms with Gasteiger partial charge in [-0.15, -0.1) is 38.3 Å². The van der Waals surface area contributed by atoms with Gasteiger partial charge in [0.05, 0.1) is 49.4 Å². The number of barbiturate groups is 1. The van der Waals surface area contributed by atoms with Crippen molar-refractivity contribution in [2.24, 2.45) is 11.0 Å². The van der Waals surface area contributed by atoms with Crippen LogP contribution in [0.2, 0.25) is 5.02 Å². The van der Waals surface area contributed by atoms with Crippen LogP contribution in [-0.4, -0.2) is 142 Å². The van der Waals surface area contributed by atoms with Gasteiger partial charge in [-0.25, -0.2) is 23.9 Å². The SMILES string of the molecule is C/C(=N\NC(=S)Nc1ccccc1C)c1ccc(C)cc1.C=CCSc1nnc(-c2ccc(C(C)(C)C)cc2)n1Cc1ccco1.CC1=C(C#N)C(=O)NC(=O)/C1=C/c1ccc(-c2cccc(C(=O)O)c2)o1.COC(=O)c1c(NC(=S)Nn2cnnc2)sc2c1CCC(C)C2.COC(=O)c1ccc(-c2ccc(/C=C3/C(=O)N(C)C(=O)C(C#N)=C3C)o2)cc1.O=C1NC(=O)C(=Cc2ccc(Sc3ccc(Cl)cc3)o2)C(=O)N1. The van der Waals surface area contributed by atoms with E-state index in [1.807, 2.05) is 97.3 Å². The zero-order valence-corrected chi connectivity index (χ0v) is 85.5. The van der Waals surface area contributed by atoms with Gasteiger partial charge in [0, 0.05) is 61.1 Å². The van der Waals surface area contributed by atoms with Crippen LogP contribution in [0.3, 0.4) is 0 Å². The van der Waals surface area contributed by atoms with E-state index in [0.29, 0.717) is 83.9 Å². The number of furan rings is 4. The highest BCUT2D eigenvalue weighted by atomic mass is 35.5. The van der Waals surface area contributed by atoms with Crippen LogP contribution in [0.25, 0.3) is 52.3 Å². The lowest BCUT2D eigenvalue weighted by Crippen LogP contribution is -2.51. The first-order valence-corrected chi connectivity index (χ1v) is 48.4. The largest absolute Gasteiger partial charge is 0.478 e. The number of urea groups is 1. The fraction of sp³-hybridized carbons (Fsp3) is 0.179. The van der Waals surface area contributed by atoms with Crippen LogP contribution in [0.4, 0.5) is 15.5 Å². The molecule has 0 bridgehead atoms. The lowest BCUT2D eigenvalue weighted by atomic mass is 9.87. The number of hydrazone groups is 1. The molecule has 0 spiro atoms. The molecule has 17 rings (SSSR count). The summed E-state index contributed by atoms with van der Waals surface area (Å²) >= 11 is 20.9. The lowest BCUT2D eigenvalue weighted by molar-refractivity contribution is -0.139. The number of thiocarbonyl (C=S) groups is 2. The number of aromatic nitrogens is 6. The van der Waals surface area contributed by atoms with Crippen LogP contribution in [0, 0.1) is 42.4 Å². The number of amides is 8. The van der Waals surface area contributed by atoms with E-state index in [2.05, 4.69) is 139 Å². The molecule has 3 aliphatic heterocycles. The van der Waals surface area contributed by atoms with Gasteiger partial charge in [0.25, 0.3) is 35.4 Å². The number of carbonyl (C=O) groups excluding carboxylic acids is 9.